The Bertz CT molecular complexity index is 355. The summed E-state index contributed by atoms with van der Waals surface area (Å²) < 4.78 is 13.5. The molecule has 1 N–H and O–H groups in total. The van der Waals surface area contributed by atoms with Crippen LogP contribution in [0.25, 0.3) is 0 Å². The molecule has 1 aliphatic heterocycles. The van der Waals surface area contributed by atoms with Crippen LogP contribution in [-0.2, 0) is 6.54 Å². The topological polar surface area (TPSA) is 15.3 Å². The van der Waals surface area contributed by atoms with E-state index in [9.17, 15) is 4.39 Å². The van der Waals surface area contributed by atoms with Crippen LogP contribution in [0.2, 0.25) is 0 Å². The first-order valence-electron chi connectivity index (χ1n) is 6.40. The quantitative estimate of drug-likeness (QED) is 0.919. The number of likely N-dealkylation sites (tertiary alicyclic amines) is 1. The number of halogens is 3. The van der Waals surface area contributed by atoms with Gasteiger partial charge in [0.05, 0.1) is 0 Å². The molecule has 0 amide bonds. The molecule has 0 aliphatic carbocycles. The van der Waals surface area contributed by atoms with Crippen LogP contribution in [0.4, 0.5) is 4.39 Å². The standard InChI is InChI=1S/C14H21FN2.2ClH/c1-16-10-12-6-8-17(9-7-12)11-13-4-2-3-5-14(13)15;;/h2-5,12,16H,6-11H2,1H3;2*1H. The number of nitrogens with one attached hydrogen (secondary N) is 1. The van der Waals surface area contributed by atoms with Gasteiger partial charge >= 0.3 is 0 Å². The molecule has 0 radical (unpaired) electrons. The van der Waals surface area contributed by atoms with E-state index in [2.05, 4.69) is 10.2 Å². The molecule has 110 valence electrons. The third-order valence-electron chi connectivity index (χ3n) is 3.55. The molecule has 1 aromatic rings. The molecule has 0 aromatic heterocycles. The maximum Gasteiger partial charge on any atom is 0.127 e. The van der Waals surface area contributed by atoms with E-state index in [4.69, 9.17) is 0 Å². The van der Waals surface area contributed by atoms with E-state index in [1.54, 1.807) is 12.1 Å². The summed E-state index contributed by atoms with van der Waals surface area (Å²) in [5.41, 5.74) is 0.819. The minimum Gasteiger partial charge on any atom is -0.319 e. The van der Waals surface area contributed by atoms with E-state index in [0.717, 1.165) is 37.7 Å². The van der Waals surface area contributed by atoms with Crippen LogP contribution in [0, 0.1) is 11.7 Å². The van der Waals surface area contributed by atoms with Gasteiger partial charge in [0.15, 0.2) is 0 Å². The second-order valence-electron chi connectivity index (χ2n) is 4.87. The lowest BCUT2D eigenvalue weighted by Gasteiger charge is -2.31. The summed E-state index contributed by atoms with van der Waals surface area (Å²) in [5.74, 6) is 0.710. The summed E-state index contributed by atoms with van der Waals surface area (Å²) in [4.78, 5) is 2.35. The minimum absolute atomic E-state index is 0. The van der Waals surface area contributed by atoms with Crippen molar-refractivity contribution in [2.24, 2.45) is 5.92 Å². The molecule has 2 rings (SSSR count). The number of hydrogen-bond acceptors (Lipinski definition) is 2. The van der Waals surface area contributed by atoms with Gasteiger partial charge in [-0.15, -0.1) is 24.8 Å². The van der Waals surface area contributed by atoms with Crippen LogP contribution >= 0.6 is 24.8 Å². The van der Waals surface area contributed by atoms with Gasteiger partial charge in [0, 0.05) is 12.1 Å². The van der Waals surface area contributed by atoms with Crippen molar-refractivity contribution in [1.29, 1.82) is 0 Å². The normalized spacial score (nSPS) is 16.5. The number of rotatable bonds is 4. The van der Waals surface area contributed by atoms with Crippen LogP contribution in [0.1, 0.15) is 18.4 Å². The fourth-order valence-electron chi connectivity index (χ4n) is 2.50. The van der Waals surface area contributed by atoms with E-state index >= 15 is 0 Å². The predicted molar refractivity (Wildman–Crippen MR) is 82.8 cm³/mol. The summed E-state index contributed by atoms with van der Waals surface area (Å²) in [6.07, 6.45) is 2.44. The van der Waals surface area contributed by atoms with Gasteiger partial charge in [-0.2, -0.15) is 0 Å². The van der Waals surface area contributed by atoms with Crippen LogP contribution in [-0.4, -0.2) is 31.6 Å². The summed E-state index contributed by atoms with van der Waals surface area (Å²) in [7, 11) is 2.01. The monoisotopic (exact) mass is 308 g/mol. The summed E-state index contributed by atoms with van der Waals surface area (Å²) in [5, 5.41) is 3.23. The highest BCUT2D eigenvalue weighted by Gasteiger charge is 2.19. The summed E-state index contributed by atoms with van der Waals surface area (Å²) in [6.45, 7) is 4.02. The van der Waals surface area contributed by atoms with Crippen LogP contribution < -0.4 is 5.32 Å². The summed E-state index contributed by atoms with van der Waals surface area (Å²) >= 11 is 0. The lowest BCUT2D eigenvalue weighted by molar-refractivity contribution is 0.175. The van der Waals surface area contributed by atoms with E-state index in [1.807, 2.05) is 19.2 Å². The van der Waals surface area contributed by atoms with Crippen LogP contribution in [0.3, 0.4) is 0 Å². The smallest absolute Gasteiger partial charge is 0.127 e. The van der Waals surface area contributed by atoms with Gasteiger partial charge in [0.1, 0.15) is 5.82 Å². The first kappa shape index (κ1) is 18.7. The van der Waals surface area contributed by atoms with Gasteiger partial charge in [0.25, 0.3) is 0 Å². The molecule has 1 fully saturated rings. The van der Waals surface area contributed by atoms with Crippen molar-refractivity contribution >= 4 is 24.8 Å². The Kier molecular flexibility index (Phi) is 9.36. The Balaban J connectivity index is 0.00000162. The zero-order valence-electron chi connectivity index (χ0n) is 11.3. The molecule has 1 heterocycles. The molecule has 5 heteroatoms. The Labute approximate surface area is 127 Å². The highest BCUT2D eigenvalue weighted by atomic mass is 35.5. The molecule has 1 saturated heterocycles. The van der Waals surface area contributed by atoms with E-state index in [-0.39, 0.29) is 30.6 Å². The average molecular weight is 309 g/mol. The fraction of sp³-hybridized carbons (Fsp3) is 0.571. The molecule has 0 spiro atoms. The van der Waals surface area contributed by atoms with Gasteiger partial charge in [-0.25, -0.2) is 4.39 Å². The summed E-state index contributed by atoms with van der Waals surface area (Å²) in [6, 6.07) is 7.09. The van der Waals surface area contributed by atoms with Gasteiger partial charge in [-0.05, 0) is 51.5 Å². The van der Waals surface area contributed by atoms with Crippen molar-refractivity contribution in [2.75, 3.05) is 26.7 Å². The van der Waals surface area contributed by atoms with Crippen molar-refractivity contribution in [3.63, 3.8) is 0 Å². The Morgan fingerprint density at radius 2 is 1.84 bits per heavy atom. The maximum absolute atomic E-state index is 13.5. The third-order valence-corrected chi connectivity index (χ3v) is 3.55. The third kappa shape index (κ3) is 5.65. The van der Waals surface area contributed by atoms with Gasteiger partial charge in [-0.3, -0.25) is 4.90 Å². The minimum atomic E-state index is -0.0788. The predicted octanol–water partition coefficient (Wildman–Crippen LogP) is 3.10. The Hall–Kier alpha value is -0.350. The van der Waals surface area contributed by atoms with Crippen LogP contribution in [0.15, 0.2) is 24.3 Å². The van der Waals surface area contributed by atoms with Gasteiger partial charge in [0.2, 0.25) is 0 Å². The van der Waals surface area contributed by atoms with Crippen molar-refractivity contribution in [2.45, 2.75) is 19.4 Å². The molecule has 1 aromatic carbocycles. The largest absolute Gasteiger partial charge is 0.319 e. The SMILES string of the molecule is CNCC1CCN(Cc2ccccc2F)CC1.Cl.Cl. The van der Waals surface area contributed by atoms with Crippen molar-refractivity contribution in [1.82, 2.24) is 10.2 Å². The first-order valence-corrected chi connectivity index (χ1v) is 6.40. The zero-order valence-corrected chi connectivity index (χ0v) is 12.9. The lowest BCUT2D eigenvalue weighted by atomic mass is 9.96. The number of nitrogens with zero attached hydrogens (tertiary/aromatic N) is 1. The number of hydrogen-bond donors (Lipinski definition) is 1. The van der Waals surface area contributed by atoms with E-state index < -0.39 is 0 Å². The second kappa shape index (κ2) is 9.54. The zero-order chi connectivity index (χ0) is 12.1. The first-order chi connectivity index (χ1) is 8.29. The van der Waals surface area contributed by atoms with Gasteiger partial charge < -0.3 is 5.32 Å². The number of piperidine rings is 1. The van der Waals surface area contributed by atoms with Crippen molar-refractivity contribution in [3.8, 4) is 0 Å². The second-order valence-corrected chi connectivity index (χ2v) is 4.87. The highest BCUT2D eigenvalue weighted by molar-refractivity contribution is 5.85. The molecular formula is C14H23Cl2FN2. The molecule has 0 bridgehead atoms. The van der Waals surface area contributed by atoms with Crippen LogP contribution in [0.5, 0.6) is 0 Å². The highest BCUT2D eigenvalue weighted by Crippen LogP contribution is 2.19. The van der Waals surface area contributed by atoms with Gasteiger partial charge in [-0.1, -0.05) is 18.2 Å². The van der Waals surface area contributed by atoms with Crippen molar-refractivity contribution in [3.05, 3.63) is 35.6 Å². The molecular weight excluding hydrogens is 286 g/mol. The Morgan fingerprint density at radius 3 is 2.42 bits per heavy atom. The lowest BCUT2D eigenvalue weighted by Crippen LogP contribution is -2.36. The van der Waals surface area contributed by atoms with E-state index in [0.29, 0.717) is 0 Å². The fourth-order valence-corrected chi connectivity index (χ4v) is 2.50. The number of benzene rings is 1. The maximum atomic E-state index is 13.5. The van der Waals surface area contributed by atoms with Crippen molar-refractivity contribution < 1.29 is 4.39 Å². The van der Waals surface area contributed by atoms with E-state index in [1.165, 1.54) is 12.8 Å². The molecule has 0 unspecified atom stereocenters. The molecule has 1 aliphatic rings. The molecule has 2 nitrogen and oxygen atoms in total. The molecule has 19 heavy (non-hydrogen) atoms. The Morgan fingerprint density at radius 1 is 1.21 bits per heavy atom. The molecule has 0 saturated carbocycles. The molecule has 0 atom stereocenters. The average Bonchev–Trinajstić information content (AvgIpc) is 2.35.